The summed E-state index contributed by atoms with van der Waals surface area (Å²) in [6.07, 6.45) is -0.581. The maximum Gasteiger partial charge on any atom is 0.331 e. The highest BCUT2D eigenvalue weighted by Gasteiger charge is 2.63. The summed E-state index contributed by atoms with van der Waals surface area (Å²) in [6.45, 7) is 17.5. The molecule has 3 aliphatic rings. The second-order valence-electron chi connectivity index (χ2n) is 13.8. The van der Waals surface area contributed by atoms with Gasteiger partial charge in [0.1, 0.15) is 24.4 Å². The summed E-state index contributed by atoms with van der Waals surface area (Å²) in [4.78, 5) is 63.5. The van der Waals surface area contributed by atoms with Gasteiger partial charge in [-0.1, -0.05) is 63.3 Å². The molecule has 0 saturated heterocycles. The molecule has 4 rings (SSSR count). The first-order chi connectivity index (χ1) is 21.9. The average molecular weight is 651 g/mol. The van der Waals surface area contributed by atoms with Gasteiger partial charge >= 0.3 is 29.8 Å². The van der Waals surface area contributed by atoms with Gasteiger partial charge in [-0.05, 0) is 53.4 Å². The van der Waals surface area contributed by atoms with Gasteiger partial charge in [0.2, 0.25) is 0 Å². The Kier molecular flexibility index (Phi) is 10.5. The van der Waals surface area contributed by atoms with E-state index in [0.29, 0.717) is 12.0 Å². The van der Waals surface area contributed by atoms with Crippen molar-refractivity contribution in [3.8, 4) is 0 Å². The summed E-state index contributed by atoms with van der Waals surface area (Å²) in [5.41, 5.74) is 1.31. The standard InChI is InChI=1S/C37H46O10/c1-20-17-27(43-22(3)38)33-35(46-25(6)41)32-21(2)34(45-24(5)40)29(47-30(42)16-15-26-13-11-10-12-14-26)19-37(32,9)18-28(44-23(4)39)31(20)36(33,7)8/h10-16,27-29,32-35H,2,17-19H2,1,3-9H3/b16-15+/t27-,28-,29-,32-,33-,34+,35-,37+/m0/s1. The maximum absolute atomic E-state index is 13.2. The lowest BCUT2D eigenvalue weighted by Gasteiger charge is -2.59. The second-order valence-corrected chi connectivity index (χ2v) is 13.8. The summed E-state index contributed by atoms with van der Waals surface area (Å²) >= 11 is 0. The fourth-order valence-corrected chi connectivity index (χ4v) is 8.47. The Morgan fingerprint density at radius 2 is 1.38 bits per heavy atom. The molecule has 0 aliphatic heterocycles. The van der Waals surface area contributed by atoms with Crippen LogP contribution in [0.2, 0.25) is 0 Å². The molecule has 2 fully saturated rings. The van der Waals surface area contributed by atoms with E-state index >= 15 is 0 Å². The first-order valence-corrected chi connectivity index (χ1v) is 16.0. The van der Waals surface area contributed by atoms with Crippen molar-refractivity contribution in [3.63, 3.8) is 0 Å². The largest absolute Gasteiger partial charge is 0.462 e. The molecule has 0 heterocycles. The lowest BCUT2D eigenvalue weighted by Crippen LogP contribution is -2.62. The van der Waals surface area contributed by atoms with Crippen molar-refractivity contribution in [2.24, 2.45) is 22.7 Å². The highest BCUT2D eigenvalue weighted by atomic mass is 16.6. The fourth-order valence-electron chi connectivity index (χ4n) is 8.47. The van der Waals surface area contributed by atoms with Crippen molar-refractivity contribution in [1.29, 1.82) is 0 Å². The van der Waals surface area contributed by atoms with E-state index in [0.717, 1.165) is 16.7 Å². The molecule has 0 amide bonds. The fraction of sp³-hybridized carbons (Fsp3) is 0.541. The molecule has 1 aromatic carbocycles. The molecular weight excluding hydrogens is 604 g/mol. The van der Waals surface area contributed by atoms with Gasteiger partial charge in [-0.2, -0.15) is 0 Å². The number of hydrogen-bond acceptors (Lipinski definition) is 10. The van der Waals surface area contributed by atoms with Gasteiger partial charge in [-0.25, -0.2) is 4.79 Å². The van der Waals surface area contributed by atoms with Crippen LogP contribution in [-0.2, 0) is 47.7 Å². The first-order valence-electron chi connectivity index (χ1n) is 16.0. The predicted molar refractivity (Wildman–Crippen MR) is 172 cm³/mol. The molecule has 10 heteroatoms. The smallest absolute Gasteiger partial charge is 0.331 e. The monoisotopic (exact) mass is 650 g/mol. The third kappa shape index (κ3) is 7.68. The second kappa shape index (κ2) is 13.9. The first kappa shape index (κ1) is 35.6. The minimum absolute atomic E-state index is 0.160. The lowest BCUT2D eigenvalue weighted by atomic mass is 9.49. The van der Waals surface area contributed by atoms with Crippen molar-refractivity contribution >= 4 is 35.9 Å². The van der Waals surface area contributed by atoms with Crippen LogP contribution in [0.3, 0.4) is 0 Å². The molecule has 8 atom stereocenters. The molecular formula is C37H46O10. The SMILES string of the molecule is C=C1[C@@H](OC(C)=O)[C@@H](OC(=O)/C=C/c2ccccc2)C[C@@]2(C)C[C@H](OC(C)=O)C3=C(C)C[C@H](OC(C)=O)[C@@H]([C@@H](OC(C)=O)[C@H]12)C3(C)C. The molecule has 0 unspecified atom stereocenters. The normalized spacial score (nSPS) is 31.5. The Hall–Kier alpha value is -4.21. The van der Waals surface area contributed by atoms with E-state index in [1.165, 1.54) is 33.8 Å². The van der Waals surface area contributed by atoms with Gasteiger partial charge in [-0.15, -0.1) is 0 Å². The molecule has 3 aliphatic carbocycles. The number of ether oxygens (including phenoxy) is 5. The predicted octanol–water partition coefficient (Wildman–Crippen LogP) is 5.69. The number of benzene rings is 1. The van der Waals surface area contributed by atoms with Gasteiger partial charge in [0.15, 0.2) is 6.10 Å². The number of esters is 5. The van der Waals surface area contributed by atoms with E-state index < -0.39 is 83.0 Å². The van der Waals surface area contributed by atoms with E-state index in [9.17, 15) is 24.0 Å². The minimum Gasteiger partial charge on any atom is -0.462 e. The zero-order valence-electron chi connectivity index (χ0n) is 28.5. The minimum atomic E-state index is -1.07. The average Bonchev–Trinajstić information content (AvgIpc) is 2.92. The van der Waals surface area contributed by atoms with E-state index in [1.807, 2.05) is 58.0 Å². The molecule has 2 bridgehead atoms. The van der Waals surface area contributed by atoms with Gasteiger partial charge in [0, 0.05) is 52.0 Å². The van der Waals surface area contributed by atoms with Gasteiger partial charge in [0.25, 0.3) is 0 Å². The summed E-state index contributed by atoms with van der Waals surface area (Å²) in [6, 6.07) is 9.25. The number of rotatable bonds is 7. The van der Waals surface area contributed by atoms with Crippen LogP contribution in [0.4, 0.5) is 0 Å². The van der Waals surface area contributed by atoms with Gasteiger partial charge < -0.3 is 23.7 Å². The van der Waals surface area contributed by atoms with Crippen molar-refractivity contribution in [2.75, 3.05) is 0 Å². The van der Waals surface area contributed by atoms with Gasteiger partial charge in [0.05, 0.1) is 0 Å². The Balaban J connectivity index is 1.88. The molecule has 2 saturated carbocycles. The third-order valence-electron chi connectivity index (χ3n) is 9.77. The highest BCUT2D eigenvalue weighted by molar-refractivity contribution is 5.87. The lowest BCUT2D eigenvalue weighted by molar-refractivity contribution is -0.194. The summed E-state index contributed by atoms with van der Waals surface area (Å²) < 4.78 is 29.9. The zero-order chi connectivity index (χ0) is 34.8. The van der Waals surface area contributed by atoms with Crippen LogP contribution in [-0.4, -0.2) is 60.4 Å². The molecule has 47 heavy (non-hydrogen) atoms. The van der Waals surface area contributed by atoms with Gasteiger partial charge in [-0.3, -0.25) is 19.2 Å². The van der Waals surface area contributed by atoms with Crippen molar-refractivity contribution in [2.45, 2.75) is 105 Å². The van der Waals surface area contributed by atoms with Crippen molar-refractivity contribution in [3.05, 3.63) is 65.3 Å². The Morgan fingerprint density at radius 3 is 1.96 bits per heavy atom. The molecule has 10 nitrogen and oxygen atoms in total. The highest BCUT2D eigenvalue weighted by Crippen LogP contribution is 2.61. The number of carbonyl (C=O) groups excluding carboxylic acids is 5. The van der Waals surface area contributed by atoms with E-state index in [1.54, 1.807) is 6.08 Å². The maximum atomic E-state index is 13.2. The van der Waals surface area contributed by atoms with Crippen molar-refractivity contribution in [1.82, 2.24) is 0 Å². The Bertz CT molecular complexity index is 1490. The van der Waals surface area contributed by atoms with E-state index in [-0.39, 0.29) is 12.8 Å². The molecule has 0 N–H and O–H groups in total. The van der Waals surface area contributed by atoms with Crippen LogP contribution in [0.15, 0.2) is 59.7 Å². The van der Waals surface area contributed by atoms with Crippen LogP contribution >= 0.6 is 0 Å². The van der Waals surface area contributed by atoms with E-state index in [2.05, 4.69) is 6.58 Å². The summed E-state index contributed by atoms with van der Waals surface area (Å²) in [5.74, 6) is -4.02. The zero-order valence-corrected chi connectivity index (χ0v) is 28.5. The third-order valence-corrected chi connectivity index (χ3v) is 9.77. The molecule has 254 valence electrons. The van der Waals surface area contributed by atoms with Crippen LogP contribution in [0.5, 0.6) is 0 Å². The number of hydrogen-bond donors (Lipinski definition) is 0. The topological polar surface area (TPSA) is 132 Å². The molecule has 0 aromatic heterocycles. The number of fused-ring (bicyclic) bond motifs is 3. The Labute approximate surface area is 276 Å². The quantitative estimate of drug-likeness (QED) is 0.157. The van der Waals surface area contributed by atoms with Crippen LogP contribution < -0.4 is 0 Å². The molecule has 1 aromatic rings. The molecule has 0 spiro atoms. The van der Waals surface area contributed by atoms with Crippen molar-refractivity contribution < 1.29 is 47.7 Å². The van der Waals surface area contributed by atoms with Crippen LogP contribution in [0.25, 0.3) is 6.08 Å². The number of carbonyl (C=O) groups is 5. The van der Waals surface area contributed by atoms with Crippen LogP contribution in [0, 0.1) is 22.7 Å². The Morgan fingerprint density at radius 1 is 0.787 bits per heavy atom. The summed E-state index contributed by atoms with van der Waals surface area (Å²) in [7, 11) is 0. The van der Waals surface area contributed by atoms with Crippen LogP contribution in [0.1, 0.15) is 80.2 Å². The summed E-state index contributed by atoms with van der Waals surface area (Å²) in [5, 5.41) is 0. The van der Waals surface area contributed by atoms with E-state index in [4.69, 9.17) is 23.7 Å². The molecule has 0 radical (unpaired) electrons.